The van der Waals surface area contributed by atoms with Crippen LogP contribution in [0.4, 0.5) is 0 Å². The summed E-state index contributed by atoms with van der Waals surface area (Å²) in [6, 6.07) is -4.24. The summed E-state index contributed by atoms with van der Waals surface area (Å²) < 4.78 is 0. The highest BCUT2D eigenvalue weighted by atomic mass is 16.4. The molecule has 0 aliphatic carbocycles. The van der Waals surface area contributed by atoms with Gasteiger partial charge in [-0.2, -0.15) is 0 Å². The minimum Gasteiger partial charge on any atom is -0.480 e. The van der Waals surface area contributed by atoms with Crippen molar-refractivity contribution < 1.29 is 29.4 Å². The monoisotopic (exact) mass is 402 g/mol. The van der Waals surface area contributed by atoms with Gasteiger partial charge in [-0.05, 0) is 32.1 Å². The lowest BCUT2D eigenvalue weighted by atomic mass is 9.99. The van der Waals surface area contributed by atoms with Gasteiger partial charge in [0.2, 0.25) is 17.7 Å². The van der Waals surface area contributed by atoms with E-state index in [9.17, 15) is 24.3 Å². The van der Waals surface area contributed by atoms with Crippen LogP contribution in [0.25, 0.3) is 0 Å². The lowest BCUT2D eigenvalue weighted by Gasteiger charge is -2.28. The van der Waals surface area contributed by atoms with E-state index in [0.717, 1.165) is 0 Å². The molecular formula is C18H34N4O6. The molecule has 0 heterocycles. The highest BCUT2D eigenvalue weighted by Crippen LogP contribution is 2.09. The fraction of sp³-hybridized carbons (Fsp3) is 0.778. The quantitative estimate of drug-likeness (QED) is 0.256. The number of carboxylic acids is 1. The Bertz CT molecular complexity index is 562. The number of carbonyl (C=O) groups is 4. The number of amides is 3. The number of carbonyl (C=O) groups excluding carboxylic acids is 3. The minimum absolute atomic E-state index is 0.0853. The molecule has 0 rings (SSSR count). The Balaban J connectivity index is 5.35. The third-order valence-corrected chi connectivity index (χ3v) is 4.05. The van der Waals surface area contributed by atoms with Crippen molar-refractivity contribution in [1.82, 2.24) is 16.0 Å². The minimum atomic E-state index is -1.50. The van der Waals surface area contributed by atoms with Crippen molar-refractivity contribution in [2.45, 2.75) is 78.2 Å². The van der Waals surface area contributed by atoms with Crippen LogP contribution in [0.5, 0.6) is 0 Å². The largest absolute Gasteiger partial charge is 0.480 e. The fourth-order valence-electron chi connectivity index (χ4n) is 2.43. The summed E-state index contributed by atoms with van der Waals surface area (Å²) in [5.41, 5.74) is 5.54. The van der Waals surface area contributed by atoms with Crippen LogP contribution in [0.3, 0.4) is 0 Å². The van der Waals surface area contributed by atoms with E-state index in [2.05, 4.69) is 16.0 Å². The molecule has 0 saturated carbocycles. The lowest BCUT2D eigenvalue weighted by molar-refractivity contribution is -0.145. The van der Waals surface area contributed by atoms with E-state index >= 15 is 0 Å². The van der Waals surface area contributed by atoms with Gasteiger partial charge in [0.25, 0.3) is 0 Å². The molecule has 0 saturated heterocycles. The molecule has 10 nitrogen and oxygen atoms in total. The molecule has 0 fully saturated rings. The molecule has 28 heavy (non-hydrogen) atoms. The Labute approximate surface area is 165 Å². The normalized spacial score (nSPS) is 16.6. The third-order valence-electron chi connectivity index (χ3n) is 4.05. The molecule has 0 spiro atoms. The number of hydrogen-bond acceptors (Lipinski definition) is 6. The van der Waals surface area contributed by atoms with Crippen LogP contribution in [0, 0.1) is 11.8 Å². The first kappa shape index (κ1) is 25.8. The highest BCUT2D eigenvalue weighted by molar-refractivity contribution is 5.94. The first-order valence-corrected chi connectivity index (χ1v) is 9.35. The summed E-state index contributed by atoms with van der Waals surface area (Å²) in [5, 5.41) is 26.0. The van der Waals surface area contributed by atoms with E-state index in [1.165, 1.54) is 13.8 Å². The Morgan fingerprint density at radius 2 is 1.32 bits per heavy atom. The van der Waals surface area contributed by atoms with Crippen molar-refractivity contribution in [3.05, 3.63) is 0 Å². The number of carboxylic acid groups (broad SMARTS) is 1. The van der Waals surface area contributed by atoms with Crippen molar-refractivity contribution in [2.24, 2.45) is 17.6 Å². The number of aliphatic carboxylic acids is 1. The molecule has 0 aromatic heterocycles. The second-order valence-electron chi connectivity index (χ2n) is 7.77. The maximum absolute atomic E-state index is 12.7. The summed E-state index contributed by atoms with van der Waals surface area (Å²) in [5.74, 6) is -3.47. The average Bonchev–Trinajstić information content (AvgIpc) is 2.54. The zero-order chi connectivity index (χ0) is 22.2. The van der Waals surface area contributed by atoms with Crippen LogP contribution < -0.4 is 21.7 Å². The fourth-order valence-corrected chi connectivity index (χ4v) is 2.43. The molecule has 0 aliphatic rings. The van der Waals surface area contributed by atoms with Crippen LogP contribution in [-0.4, -0.2) is 64.2 Å². The number of aliphatic hydroxyl groups is 1. The molecule has 0 aromatic carbocycles. The molecule has 0 aliphatic heterocycles. The third kappa shape index (κ3) is 8.66. The summed E-state index contributed by atoms with van der Waals surface area (Å²) in [6.07, 6.45) is -0.980. The van der Waals surface area contributed by atoms with Crippen LogP contribution in [0.1, 0.15) is 48.0 Å². The van der Waals surface area contributed by atoms with Gasteiger partial charge < -0.3 is 31.9 Å². The zero-order valence-corrected chi connectivity index (χ0v) is 17.4. The number of aliphatic hydroxyl groups excluding tert-OH is 1. The van der Waals surface area contributed by atoms with Gasteiger partial charge in [-0.15, -0.1) is 0 Å². The second-order valence-corrected chi connectivity index (χ2v) is 7.77. The Kier molecular flexibility index (Phi) is 10.7. The van der Waals surface area contributed by atoms with Gasteiger partial charge in [-0.25, -0.2) is 4.79 Å². The van der Waals surface area contributed by atoms with Crippen LogP contribution in [-0.2, 0) is 19.2 Å². The topological polar surface area (TPSA) is 171 Å². The smallest absolute Gasteiger partial charge is 0.328 e. The number of nitrogens with one attached hydrogen (secondary N) is 3. The Hall–Kier alpha value is -2.20. The molecular weight excluding hydrogens is 368 g/mol. The molecule has 7 N–H and O–H groups in total. The van der Waals surface area contributed by atoms with E-state index in [1.807, 2.05) is 13.8 Å². The molecule has 3 amide bonds. The second kappa shape index (κ2) is 11.6. The Morgan fingerprint density at radius 1 is 0.821 bits per heavy atom. The standard InChI is InChI=1S/C18H34N4O6/c1-8(2)7-12(20-15(24)10(5)19)16(25)21-13(9(3)4)17(26)22-14(11(6)23)18(27)28/h8-14,23H,7,19H2,1-6H3,(H,20,24)(H,21,25)(H,22,26)(H,27,28). The summed E-state index contributed by atoms with van der Waals surface area (Å²) in [6.45, 7) is 9.85. The van der Waals surface area contributed by atoms with Gasteiger partial charge in [-0.3, -0.25) is 14.4 Å². The maximum atomic E-state index is 12.7. The number of hydrogen-bond donors (Lipinski definition) is 6. The van der Waals surface area contributed by atoms with Gasteiger partial charge in [-0.1, -0.05) is 27.7 Å². The van der Waals surface area contributed by atoms with Crippen molar-refractivity contribution in [3.8, 4) is 0 Å². The molecule has 5 atom stereocenters. The van der Waals surface area contributed by atoms with Gasteiger partial charge in [0.15, 0.2) is 6.04 Å². The van der Waals surface area contributed by atoms with Gasteiger partial charge >= 0.3 is 5.97 Å². The van der Waals surface area contributed by atoms with E-state index in [0.29, 0.717) is 6.42 Å². The lowest BCUT2D eigenvalue weighted by Crippen LogP contribution is -2.59. The van der Waals surface area contributed by atoms with E-state index in [-0.39, 0.29) is 11.8 Å². The maximum Gasteiger partial charge on any atom is 0.328 e. The summed E-state index contributed by atoms with van der Waals surface area (Å²) in [7, 11) is 0. The zero-order valence-electron chi connectivity index (χ0n) is 17.4. The highest BCUT2D eigenvalue weighted by Gasteiger charge is 2.33. The van der Waals surface area contributed by atoms with Crippen molar-refractivity contribution in [3.63, 3.8) is 0 Å². The van der Waals surface area contributed by atoms with Crippen molar-refractivity contribution >= 4 is 23.7 Å². The molecule has 5 unspecified atom stereocenters. The van der Waals surface area contributed by atoms with E-state index in [1.54, 1.807) is 13.8 Å². The first-order chi connectivity index (χ1) is 12.8. The van der Waals surface area contributed by atoms with Crippen LogP contribution >= 0.6 is 0 Å². The summed E-state index contributed by atoms with van der Waals surface area (Å²) >= 11 is 0. The van der Waals surface area contributed by atoms with Gasteiger partial charge in [0.05, 0.1) is 12.1 Å². The molecule has 0 radical (unpaired) electrons. The van der Waals surface area contributed by atoms with Crippen LogP contribution in [0.2, 0.25) is 0 Å². The van der Waals surface area contributed by atoms with Gasteiger partial charge in [0, 0.05) is 0 Å². The SMILES string of the molecule is CC(C)CC(NC(=O)C(C)N)C(=O)NC(C(=O)NC(C(=O)O)C(C)O)C(C)C. The summed E-state index contributed by atoms with van der Waals surface area (Å²) in [4.78, 5) is 48.3. The van der Waals surface area contributed by atoms with Crippen molar-refractivity contribution in [1.29, 1.82) is 0 Å². The average molecular weight is 402 g/mol. The number of nitrogens with two attached hydrogens (primary N) is 1. The van der Waals surface area contributed by atoms with Crippen molar-refractivity contribution in [2.75, 3.05) is 0 Å². The first-order valence-electron chi connectivity index (χ1n) is 9.35. The molecule has 0 bridgehead atoms. The number of rotatable bonds is 11. The predicted octanol–water partition coefficient (Wildman–Crippen LogP) is -1.04. The van der Waals surface area contributed by atoms with E-state index in [4.69, 9.17) is 10.8 Å². The van der Waals surface area contributed by atoms with E-state index < -0.39 is 54.0 Å². The van der Waals surface area contributed by atoms with Crippen LogP contribution in [0.15, 0.2) is 0 Å². The molecule has 0 aromatic rings. The predicted molar refractivity (Wildman–Crippen MR) is 103 cm³/mol. The molecule has 162 valence electrons. The Morgan fingerprint density at radius 3 is 1.68 bits per heavy atom. The van der Waals surface area contributed by atoms with Gasteiger partial charge in [0.1, 0.15) is 12.1 Å². The molecule has 10 heteroatoms.